The van der Waals surface area contributed by atoms with Crippen molar-refractivity contribution in [2.75, 3.05) is 25.5 Å². The third-order valence-corrected chi connectivity index (χ3v) is 5.33. The molecule has 28 heavy (non-hydrogen) atoms. The molecule has 8 nitrogen and oxygen atoms in total. The third kappa shape index (κ3) is 4.37. The van der Waals surface area contributed by atoms with Crippen LogP contribution in [0, 0.1) is 6.92 Å². The highest BCUT2D eigenvalue weighted by Crippen LogP contribution is 2.26. The van der Waals surface area contributed by atoms with Gasteiger partial charge in [-0.3, -0.25) is 9.59 Å². The molecule has 1 amide bonds. The van der Waals surface area contributed by atoms with Gasteiger partial charge in [0.05, 0.1) is 0 Å². The molecular weight excluding hydrogens is 382 g/mol. The average Bonchev–Trinajstić information content (AvgIpc) is 2.92. The molecule has 0 aliphatic carbocycles. The Hall–Kier alpha value is -3.20. The predicted molar refractivity (Wildman–Crippen MR) is 104 cm³/mol. The van der Waals surface area contributed by atoms with E-state index in [0.717, 1.165) is 5.56 Å². The zero-order valence-corrected chi connectivity index (χ0v) is 16.2. The zero-order chi connectivity index (χ0) is 20.3. The van der Waals surface area contributed by atoms with E-state index in [0.29, 0.717) is 11.3 Å². The van der Waals surface area contributed by atoms with Crippen LogP contribution < -0.4 is 5.32 Å². The molecule has 9 heteroatoms. The molecule has 0 saturated carbocycles. The summed E-state index contributed by atoms with van der Waals surface area (Å²) in [6.07, 6.45) is 0. The van der Waals surface area contributed by atoms with E-state index >= 15 is 0 Å². The second kappa shape index (κ2) is 7.81. The maximum absolute atomic E-state index is 12.1. The van der Waals surface area contributed by atoms with Crippen LogP contribution in [0.3, 0.4) is 0 Å². The van der Waals surface area contributed by atoms with Gasteiger partial charge in [-0.05, 0) is 36.8 Å². The number of carbonyl (C=O) groups excluding carboxylic acids is 2. The summed E-state index contributed by atoms with van der Waals surface area (Å²) in [6, 6.07) is 13.6. The molecule has 1 aliphatic rings. The summed E-state index contributed by atoms with van der Waals surface area (Å²) in [5, 5.41) is 2.64. The molecule has 0 saturated heterocycles. The van der Waals surface area contributed by atoms with E-state index in [1.807, 2.05) is 13.0 Å². The summed E-state index contributed by atoms with van der Waals surface area (Å²) in [5.41, 5.74) is 2.03. The lowest BCUT2D eigenvalue weighted by Gasteiger charge is -2.17. The average molecular weight is 401 g/mol. The predicted octanol–water partition coefficient (Wildman–Crippen LogP) is 1.56. The molecule has 0 unspecified atom stereocenters. The molecule has 0 spiro atoms. The number of nitrogens with zero attached hydrogens (tertiary/aromatic N) is 2. The number of carbonyl (C=O) groups is 2. The Morgan fingerprint density at radius 2 is 1.89 bits per heavy atom. The van der Waals surface area contributed by atoms with Gasteiger partial charge in [-0.25, -0.2) is 0 Å². The van der Waals surface area contributed by atoms with E-state index in [1.165, 1.54) is 18.0 Å². The van der Waals surface area contributed by atoms with Gasteiger partial charge in [-0.2, -0.15) is 8.42 Å². The van der Waals surface area contributed by atoms with Crippen LogP contribution in [0.4, 0.5) is 5.69 Å². The minimum Gasteiger partial charge on any atom is -0.454 e. The van der Waals surface area contributed by atoms with E-state index < -0.39 is 28.5 Å². The van der Waals surface area contributed by atoms with Crippen molar-refractivity contribution in [1.29, 1.82) is 0 Å². The number of hydrogen-bond donors (Lipinski definition) is 1. The first-order valence-electron chi connectivity index (χ1n) is 8.44. The quantitative estimate of drug-likeness (QED) is 0.763. The largest absolute Gasteiger partial charge is 0.454 e. The van der Waals surface area contributed by atoms with Crippen molar-refractivity contribution in [2.24, 2.45) is 4.40 Å². The minimum absolute atomic E-state index is 0.0998. The van der Waals surface area contributed by atoms with Crippen LogP contribution in [0.15, 0.2) is 57.8 Å². The Bertz CT molecular complexity index is 1060. The molecule has 0 atom stereocenters. The summed E-state index contributed by atoms with van der Waals surface area (Å²) in [4.78, 5) is 25.4. The number of amides is 1. The van der Waals surface area contributed by atoms with Gasteiger partial charge in [0.1, 0.15) is 11.4 Å². The van der Waals surface area contributed by atoms with Gasteiger partial charge >= 0.3 is 5.97 Å². The van der Waals surface area contributed by atoms with Gasteiger partial charge < -0.3 is 15.0 Å². The highest BCUT2D eigenvalue weighted by Gasteiger charge is 2.31. The van der Waals surface area contributed by atoms with E-state index in [2.05, 4.69) is 9.71 Å². The summed E-state index contributed by atoms with van der Waals surface area (Å²) in [5.74, 6) is -0.976. The molecule has 2 aromatic rings. The second-order valence-electron chi connectivity index (χ2n) is 6.32. The van der Waals surface area contributed by atoms with Gasteiger partial charge in [0.15, 0.2) is 12.4 Å². The zero-order valence-electron chi connectivity index (χ0n) is 15.4. The molecule has 1 heterocycles. The summed E-state index contributed by atoms with van der Waals surface area (Å²) in [7, 11) is -2.24. The molecule has 3 rings (SSSR count). The van der Waals surface area contributed by atoms with Crippen LogP contribution in [-0.4, -0.2) is 51.2 Å². The highest BCUT2D eigenvalue weighted by atomic mass is 32.2. The topological polar surface area (TPSA) is 105 Å². The van der Waals surface area contributed by atoms with Crippen molar-refractivity contribution < 1.29 is 22.7 Å². The van der Waals surface area contributed by atoms with Crippen molar-refractivity contribution in [3.8, 4) is 0 Å². The van der Waals surface area contributed by atoms with Gasteiger partial charge in [-0.1, -0.05) is 24.3 Å². The van der Waals surface area contributed by atoms with Gasteiger partial charge in [0.2, 0.25) is 0 Å². The molecule has 0 radical (unpaired) electrons. The van der Waals surface area contributed by atoms with E-state index in [9.17, 15) is 18.0 Å². The smallest absolute Gasteiger partial charge is 0.326 e. The second-order valence-corrected chi connectivity index (χ2v) is 7.89. The number of amidine groups is 1. The normalized spacial score (nSPS) is 14.0. The number of aryl methyl sites for hydroxylation is 1. The first-order chi connectivity index (χ1) is 13.3. The number of likely N-dealkylation sites (N-methyl/N-ethyl adjacent to an activating group) is 1. The number of hydrogen-bond acceptors (Lipinski definition) is 6. The molecular formula is C19H19N3O5S. The lowest BCUT2D eigenvalue weighted by atomic mass is 10.2. The van der Waals surface area contributed by atoms with Crippen molar-refractivity contribution in [3.05, 3.63) is 59.7 Å². The van der Waals surface area contributed by atoms with E-state index in [-0.39, 0.29) is 17.3 Å². The van der Waals surface area contributed by atoms with Gasteiger partial charge in [0, 0.05) is 18.3 Å². The fraction of sp³-hybridized carbons (Fsp3) is 0.211. The number of sulfonamides is 1. The molecule has 1 N–H and O–H groups in total. The summed E-state index contributed by atoms with van der Waals surface area (Å²) >= 11 is 0. The summed E-state index contributed by atoms with van der Waals surface area (Å²) < 4.78 is 32.9. The Morgan fingerprint density at radius 1 is 1.14 bits per heavy atom. The van der Waals surface area contributed by atoms with Crippen LogP contribution in [0.25, 0.3) is 0 Å². The monoisotopic (exact) mass is 401 g/mol. The number of esters is 1. The van der Waals surface area contributed by atoms with E-state index in [4.69, 9.17) is 4.74 Å². The standard InChI is InChI=1S/C19H19N3O5S/c1-13-6-5-7-14(10-13)20-17(23)12-27-18(24)11-22(2)19-15-8-3-4-9-16(15)28(25,26)21-19/h3-10H,11-12H2,1-2H3,(H,20,23). The molecule has 0 bridgehead atoms. The van der Waals surface area contributed by atoms with Gasteiger partial charge in [-0.15, -0.1) is 4.40 Å². The lowest BCUT2D eigenvalue weighted by molar-refractivity contribution is -0.147. The molecule has 146 valence electrons. The number of fused-ring (bicyclic) bond motifs is 1. The van der Waals surface area contributed by atoms with Crippen LogP contribution in [0.5, 0.6) is 0 Å². The molecule has 0 fully saturated rings. The number of rotatable bonds is 5. The summed E-state index contributed by atoms with van der Waals surface area (Å²) in [6.45, 7) is 1.21. The number of ether oxygens (including phenoxy) is 1. The van der Waals surface area contributed by atoms with Crippen molar-refractivity contribution in [1.82, 2.24) is 4.90 Å². The van der Waals surface area contributed by atoms with Gasteiger partial charge in [0.25, 0.3) is 15.9 Å². The van der Waals surface area contributed by atoms with Crippen molar-refractivity contribution in [3.63, 3.8) is 0 Å². The Balaban J connectivity index is 1.56. The van der Waals surface area contributed by atoms with Crippen molar-refractivity contribution >= 4 is 33.4 Å². The van der Waals surface area contributed by atoms with Crippen LogP contribution >= 0.6 is 0 Å². The van der Waals surface area contributed by atoms with Crippen molar-refractivity contribution in [2.45, 2.75) is 11.8 Å². The fourth-order valence-electron chi connectivity index (χ4n) is 2.74. The maximum atomic E-state index is 12.1. The minimum atomic E-state index is -3.77. The highest BCUT2D eigenvalue weighted by molar-refractivity contribution is 7.90. The van der Waals surface area contributed by atoms with Crippen LogP contribution in [0.1, 0.15) is 11.1 Å². The number of nitrogens with one attached hydrogen (secondary N) is 1. The fourth-order valence-corrected chi connectivity index (χ4v) is 4.00. The van der Waals surface area contributed by atoms with Crippen LogP contribution in [-0.2, 0) is 24.3 Å². The number of benzene rings is 2. The third-order valence-electron chi connectivity index (χ3n) is 4.01. The Kier molecular flexibility index (Phi) is 5.46. The Labute approximate surface area is 162 Å². The maximum Gasteiger partial charge on any atom is 0.326 e. The van der Waals surface area contributed by atoms with Crippen LogP contribution in [0.2, 0.25) is 0 Å². The number of anilines is 1. The SMILES string of the molecule is Cc1cccc(NC(=O)COC(=O)CN(C)C2=NS(=O)(=O)c3ccccc32)c1. The van der Waals surface area contributed by atoms with E-state index in [1.54, 1.807) is 36.4 Å². The first kappa shape index (κ1) is 19.6. The Morgan fingerprint density at radius 3 is 2.64 bits per heavy atom. The lowest BCUT2D eigenvalue weighted by Crippen LogP contribution is -2.34. The molecule has 0 aromatic heterocycles. The molecule has 1 aliphatic heterocycles. The molecule has 2 aromatic carbocycles. The first-order valence-corrected chi connectivity index (χ1v) is 9.88.